The highest BCUT2D eigenvalue weighted by molar-refractivity contribution is 7.86. The molecule has 0 N–H and O–H groups in total. The summed E-state index contributed by atoms with van der Waals surface area (Å²) < 4.78 is 32.8. The minimum absolute atomic E-state index is 0.0643. The van der Waals surface area contributed by atoms with Gasteiger partial charge in [0.25, 0.3) is 10.1 Å². The van der Waals surface area contributed by atoms with Crippen LogP contribution in [0.15, 0.2) is 29.2 Å². The van der Waals surface area contributed by atoms with Crippen molar-refractivity contribution in [3.05, 3.63) is 29.3 Å². The molecule has 4 nitrogen and oxygen atoms in total. The third kappa shape index (κ3) is 2.92. The van der Waals surface area contributed by atoms with E-state index >= 15 is 0 Å². The molecule has 0 unspecified atom stereocenters. The highest BCUT2D eigenvalue weighted by atomic mass is 35.5. The second kappa shape index (κ2) is 4.09. The molecule has 1 saturated heterocycles. The molecule has 0 bridgehead atoms. The van der Waals surface area contributed by atoms with Crippen molar-refractivity contribution < 1.29 is 17.3 Å². The molecule has 1 aliphatic heterocycles. The average molecular weight is 249 g/mol. The van der Waals surface area contributed by atoms with E-state index < -0.39 is 10.1 Å². The smallest absolute Gasteiger partial charge is 0.297 e. The molecule has 15 heavy (non-hydrogen) atoms. The zero-order valence-electron chi connectivity index (χ0n) is 7.72. The molecule has 0 spiro atoms. The van der Waals surface area contributed by atoms with Crippen LogP contribution in [0.2, 0.25) is 5.02 Å². The van der Waals surface area contributed by atoms with Crippen LogP contribution < -0.4 is 0 Å². The molecule has 0 aromatic heterocycles. The molecule has 1 heterocycles. The Balaban J connectivity index is 2.12. The van der Waals surface area contributed by atoms with Crippen LogP contribution in [0, 0.1) is 0 Å². The Hall–Kier alpha value is -0.620. The standard InChI is InChI=1S/C9H9ClO4S/c10-7-2-1-3-9(4-7)15(11,12)14-6-8-5-13-8/h1-4,8H,5-6H2/t8-/m1/s1. The van der Waals surface area contributed by atoms with E-state index in [-0.39, 0.29) is 17.6 Å². The largest absolute Gasteiger partial charge is 0.371 e. The molecular weight excluding hydrogens is 240 g/mol. The Labute approximate surface area is 92.9 Å². The molecule has 2 rings (SSSR count). The fourth-order valence-corrected chi connectivity index (χ4v) is 2.26. The van der Waals surface area contributed by atoms with Crippen molar-refractivity contribution in [3.8, 4) is 0 Å². The maximum atomic E-state index is 11.6. The van der Waals surface area contributed by atoms with Gasteiger partial charge in [-0.15, -0.1) is 0 Å². The minimum Gasteiger partial charge on any atom is -0.371 e. The van der Waals surface area contributed by atoms with Crippen LogP contribution in [0.5, 0.6) is 0 Å². The lowest BCUT2D eigenvalue weighted by atomic mass is 10.4. The lowest BCUT2D eigenvalue weighted by molar-refractivity contribution is 0.266. The van der Waals surface area contributed by atoms with Crippen molar-refractivity contribution in [1.82, 2.24) is 0 Å². The molecular formula is C9H9ClO4S. The number of hydrogen-bond donors (Lipinski definition) is 0. The molecule has 0 amide bonds. The molecule has 1 fully saturated rings. The van der Waals surface area contributed by atoms with Gasteiger partial charge in [0.15, 0.2) is 0 Å². The minimum atomic E-state index is -3.70. The zero-order chi connectivity index (χ0) is 10.9. The number of epoxide rings is 1. The summed E-state index contributed by atoms with van der Waals surface area (Å²) in [5.74, 6) is 0. The van der Waals surface area contributed by atoms with Gasteiger partial charge >= 0.3 is 0 Å². The highest BCUT2D eigenvalue weighted by Crippen LogP contribution is 2.19. The van der Waals surface area contributed by atoms with E-state index in [9.17, 15) is 8.42 Å². The molecule has 0 saturated carbocycles. The first-order valence-electron chi connectivity index (χ1n) is 4.34. The van der Waals surface area contributed by atoms with Gasteiger partial charge in [0.1, 0.15) is 6.10 Å². The van der Waals surface area contributed by atoms with E-state index in [2.05, 4.69) is 0 Å². The van der Waals surface area contributed by atoms with Crippen LogP contribution >= 0.6 is 11.6 Å². The van der Waals surface area contributed by atoms with Gasteiger partial charge in [0.05, 0.1) is 18.1 Å². The summed E-state index contributed by atoms with van der Waals surface area (Å²) in [5.41, 5.74) is 0. The summed E-state index contributed by atoms with van der Waals surface area (Å²) in [5, 5.41) is 0.363. The van der Waals surface area contributed by atoms with Crippen molar-refractivity contribution in [2.24, 2.45) is 0 Å². The number of benzene rings is 1. The Morgan fingerprint density at radius 1 is 1.53 bits per heavy atom. The fourth-order valence-electron chi connectivity index (χ4n) is 1.02. The fraction of sp³-hybridized carbons (Fsp3) is 0.333. The maximum Gasteiger partial charge on any atom is 0.297 e. The molecule has 0 radical (unpaired) electrons. The van der Waals surface area contributed by atoms with E-state index in [0.717, 1.165) is 0 Å². The van der Waals surface area contributed by atoms with Crippen molar-refractivity contribution in [3.63, 3.8) is 0 Å². The van der Waals surface area contributed by atoms with Crippen molar-refractivity contribution in [2.75, 3.05) is 13.2 Å². The number of halogens is 1. The van der Waals surface area contributed by atoms with Gasteiger partial charge in [0.2, 0.25) is 0 Å². The van der Waals surface area contributed by atoms with E-state index in [1.165, 1.54) is 12.1 Å². The third-order valence-electron chi connectivity index (χ3n) is 1.90. The summed E-state index contributed by atoms with van der Waals surface area (Å²) in [6.45, 7) is 0.625. The average Bonchev–Trinajstić information content (AvgIpc) is 2.98. The van der Waals surface area contributed by atoms with Crippen LogP contribution in [-0.4, -0.2) is 27.7 Å². The normalized spacial score (nSPS) is 20.2. The van der Waals surface area contributed by atoms with Crippen LogP contribution in [0.1, 0.15) is 0 Å². The predicted octanol–water partition coefficient (Wildman–Crippen LogP) is 1.44. The number of rotatable bonds is 4. The van der Waals surface area contributed by atoms with E-state index in [1.807, 2.05) is 0 Å². The first-order chi connectivity index (χ1) is 7.08. The lowest BCUT2D eigenvalue weighted by Crippen LogP contribution is -2.10. The first-order valence-corrected chi connectivity index (χ1v) is 6.13. The Kier molecular flexibility index (Phi) is 2.97. The topological polar surface area (TPSA) is 55.9 Å². The third-order valence-corrected chi connectivity index (χ3v) is 3.41. The Bertz CT molecular complexity index is 453. The molecule has 82 valence electrons. The molecule has 1 aromatic rings. The molecule has 1 atom stereocenters. The maximum absolute atomic E-state index is 11.6. The van der Waals surface area contributed by atoms with Gasteiger partial charge in [-0.3, -0.25) is 4.18 Å². The summed E-state index contributed by atoms with van der Waals surface area (Å²) in [6.07, 6.45) is -0.0843. The predicted molar refractivity (Wildman–Crippen MR) is 54.3 cm³/mol. The van der Waals surface area contributed by atoms with E-state index in [1.54, 1.807) is 12.1 Å². The van der Waals surface area contributed by atoms with Crippen LogP contribution in [0.4, 0.5) is 0 Å². The summed E-state index contributed by atoms with van der Waals surface area (Å²) in [4.78, 5) is 0.0654. The summed E-state index contributed by atoms with van der Waals surface area (Å²) in [7, 11) is -3.70. The van der Waals surface area contributed by atoms with Crippen LogP contribution in [-0.2, 0) is 19.0 Å². The quantitative estimate of drug-likeness (QED) is 0.598. The van der Waals surface area contributed by atoms with Gasteiger partial charge in [-0.25, -0.2) is 0 Å². The summed E-state index contributed by atoms with van der Waals surface area (Å²) >= 11 is 5.68. The second-order valence-corrected chi connectivity index (χ2v) is 5.20. The van der Waals surface area contributed by atoms with Gasteiger partial charge in [0, 0.05) is 5.02 Å². The Morgan fingerprint density at radius 2 is 2.27 bits per heavy atom. The molecule has 6 heteroatoms. The Morgan fingerprint density at radius 3 is 2.87 bits per heavy atom. The second-order valence-electron chi connectivity index (χ2n) is 3.15. The summed E-state index contributed by atoms with van der Waals surface area (Å²) in [6, 6.07) is 5.95. The van der Waals surface area contributed by atoms with Crippen LogP contribution in [0.3, 0.4) is 0 Å². The van der Waals surface area contributed by atoms with Gasteiger partial charge in [-0.2, -0.15) is 8.42 Å². The monoisotopic (exact) mass is 248 g/mol. The number of hydrogen-bond acceptors (Lipinski definition) is 4. The van der Waals surface area contributed by atoms with Crippen molar-refractivity contribution in [2.45, 2.75) is 11.0 Å². The number of ether oxygens (including phenoxy) is 1. The molecule has 1 aliphatic rings. The van der Waals surface area contributed by atoms with Gasteiger partial charge in [-0.1, -0.05) is 17.7 Å². The van der Waals surface area contributed by atoms with E-state index in [4.69, 9.17) is 20.5 Å². The zero-order valence-corrected chi connectivity index (χ0v) is 9.29. The first kappa shape index (κ1) is 10.9. The molecule has 0 aliphatic carbocycles. The lowest BCUT2D eigenvalue weighted by Gasteiger charge is -2.03. The van der Waals surface area contributed by atoms with E-state index in [0.29, 0.717) is 11.6 Å². The van der Waals surface area contributed by atoms with Crippen LogP contribution in [0.25, 0.3) is 0 Å². The van der Waals surface area contributed by atoms with Crippen molar-refractivity contribution >= 4 is 21.7 Å². The van der Waals surface area contributed by atoms with Gasteiger partial charge in [-0.05, 0) is 18.2 Å². The highest BCUT2D eigenvalue weighted by Gasteiger charge is 2.26. The van der Waals surface area contributed by atoms with Gasteiger partial charge < -0.3 is 4.74 Å². The van der Waals surface area contributed by atoms with Crippen molar-refractivity contribution in [1.29, 1.82) is 0 Å². The molecule has 1 aromatic carbocycles. The SMILES string of the molecule is O=S(=O)(OC[C@H]1CO1)c1cccc(Cl)c1.